The number of hydrogen-bond donors (Lipinski definition) is 2. The molecule has 0 aliphatic heterocycles. The highest BCUT2D eigenvalue weighted by atomic mass is 35.5. The molecule has 0 aliphatic carbocycles. The molecule has 0 bridgehead atoms. The van der Waals surface area contributed by atoms with E-state index in [0.29, 0.717) is 13.1 Å². The second-order valence-corrected chi connectivity index (χ2v) is 5.76. The van der Waals surface area contributed by atoms with Gasteiger partial charge >= 0.3 is 0 Å². The summed E-state index contributed by atoms with van der Waals surface area (Å²) in [5.41, 5.74) is 2.26. The molecule has 0 saturated heterocycles. The standard InChI is InChI=1S/C17H22ClN5/c1-19-17(21-11-13-5-4-6-15(18)9-13)22-12-14-7-8-20-16(10-14)23(2)3/h4-10H,11-12H2,1-3H3,(H2,19,21,22). The largest absolute Gasteiger partial charge is 0.363 e. The number of benzene rings is 1. The second kappa shape index (κ2) is 8.39. The van der Waals surface area contributed by atoms with Crippen LogP contribution in [0.2, 0.25) is 5.02 Å². The van der Waals surface area contributed by atoms with Gasteiger partial charge in [0.2, 0.25) is 0 Å². The van der Waals surface area contributed by atoms with Crippen molar-refractivity contribution < 1.29 is 0 Å². The first-order valence-electron chi connectivity index (χ1n) is 7.39. The predicted molar refractivity (Wildman–Crippen MR) is 97.1 cm³/mol. The molecule has 1 heterocycles. The summed E-state index contributed by atoms with van der Waals surface area (Å²) in [6.45, 7) is 1.35. The minimum Gasteiger partial charge on any atom is -0.363 e. The zero-order valence-electron chi connectivity index (χ0n) is 13.7. The highest BCUT2D eigenvalue weighted by Gasteiger charge is 2.02. The van der Waals surface area contributed by atoms with Gasteiger partial charge in [0.25, 0.3) is 0 Å². The lowest BCUT2D eigenvalue weighted by molar-refractivity contribution is 0.807. The summed E-state index contributed by atoms with van der Waals surface area (Å²) in [5, 5.41) is 7.31. The summed E-state index contributed by atoms with van der Waals surface area (Å²) in [6.07, 6.45) is 1.81. The van der Waals surface area contributed by atoms with Gasteiger partial charge in [0.1, 0.15) is 5.82 Å². The Bertz CT molecular complexity index is 670. The monoisotopic (exact) mass is 331 g/mol. The van der Waals surface area contributed by atoms with Crippen molar-refractivity contribution in [1.82, 2.24) is 15.6 Å². The number of nitrogens with one attached hydrogen (secondary N) is 2. The molecule has 0 radical (unpaired) electrons. The predicted octanol–water partition coefficient (Wildman–Crippen LogP) is 2.67. The van der Waals surface area contributed by atoms with E-state index in [2.05, 4.69) is 26.7 Å². The SMILES string of the molecule is CN=C(NCc1cccc(Cl)c1)NCc1ccnc(N(C)C)c1. The van der Waals surface area contributed by atoms with Gasteiger partial charge in [-0.25, -0.2) is 4.98 Å². The fourth-order valence-electron chi connectivity index (χ4n) is 2.05. The molecular weight excluding hydrogens is 310 g/mol. The molecule has 0 aliphatic rings. The molecule has 0 unspecified atom stereocenters. The Kier molecular flexibility index (Phi) is 6.23. The van der Waals surface area contributed by atoms with Crippen molar-refractivity contribution in [3.63, 3.8) is 0 Å². The fourth-order valence-corrected chi connectivity index (χ4v) is 2.27. The minimum absolute atomic E-state index is 0.666. The van der Waals surface area contributed by atoms with Crippen LogP contribution in [0, 0.1) is 0 Å². The lowest BCUT2D eigenvalue weighted by atomic mass is 10.2. The first-order chi connectivity index (χ1) is 11.1. The first-order valence-corrected chi connectivity index (χ1v) is 7.77. The Morgan fingerprint density at radius 2 is 1.83 bits per heavy atom. The minimum atomic E-state index is 0.666. The molecule has 0 saturated carbocycles. The molecule has 2 N–H and O–H groups in total. The lowest BCUT2D eigenvalue weighted by Crippen LogP contribution is -2.36. The number of aromatic nitrogens is 1. The lowest BCUT2D eigenvalue weighted by Gasteiger charge is -2.14. The summed E-state index contributed by atoms with van der Waals surface area (Å²) in [6, 6.07) is 11.8. The molecule has 2 aromatic rings. The average Bonchev–Trinajstić information content (AvgIpc) is 2.55. The van der Waals surface area contributed by atoms with Crippen LogP contribution in [0.1, 0.15) is 11.1 Å². The molecule has 23 heavy (non-hydrogen) atoms. The molecule has 0 fully saturated rings. The molecule has 0 amide bonds. The molecule has 1 aromatic carbocycles. The summed E-state index contributed by atoms with van der Waals surface area (Å²) in [7, 11) is 5.71. The van der Waals surface area contributed by atoms with Crippen LogP contribution in [-0.2, 0) is 13.1 Å². The maximum Gasteiger partial charge on any atom is 0.191 e. The van der Waals surface area contributed by atoms with E-state index in [0.717, 1.165) is 27.9 Å². The number of rotatable bonds is 5. The molecule has 1 aromatic heterocycles. The average molecular weight is 332 g/mol. The molecule has 0 spiro atoms. The summed E-state index contributed by atoms with van der Waals surface area (Å²) < 4.78 is 0. The van der Waals surface area contributed by atoms with Crippen LogP contribution in [0.5, 0.6) is 0 Å². The second-order valence-electron chi connectivity index (χ2n) is 5.33. The van der Waals surface area contributed by atoms with Gasteiger partial charge in [-0.1, -0.05) is 23.7 Å². The van der Waals surface area contributed by atoms with Crippen LogP contribution >= 0.6 is 11.6 Å². The maximum absolute atomic E-state index is 5.99. The van der Waals surface area contributed by atoms with Crippen molar-refractivity contribution in [3.8, 4) is 0 Å². The van der Waals surface area contributed by atoms with Gasteiger partial charge in [-0.15, -0.1) is 0 Å². The third kappa shape index (κ3) is 5.45. The van der Waals surface area contributed by atoms with E-state index >= 15 is 0 Å². The third-order valence-electron chi connectivity index (χ3n) is 3.30. The quantitative estimate of drug-likeness (QED) is 0.653. The Hall–Kier alpha value is -2.27. The molecule has 6 heteroatoms. The molecular formula is C17H22ClN5. The zero-order chi connectivity index (χ0) is 16.7. The molecule has 122 valence electrons. The van der Waals surface area contributed by atoms with Gasteiger partial charge in [0.15, 0.2) is 5.96 Å². The number of hydrogen-bond acceptors (Lipinski definition) is 3. The summed E-state index contributed by atoms with van der Waals surface area (Å²) in [5.74, 6) is 1.68. The van der Waals surface area contributed by atoms with Crippen LogP contribution in [0.15, 0.2) is 47.6 Å². The van der Waals surface area contributed by atoms with Crippen LogP contribution in [0.25, 0.3) is 0 Å². The van der Waals surface area contributed by atoms with Crippen molar-refractivity contribution in [2.75, 3.05) is 26.0 Å². The maximum atomic E-state index is 5.99. The van der Waals surface area contributed by atoms with Crippen molar-refractivity contribution in [2.45, 2.75) is 13.1 Å². The Morgan fingerprint density at radius 3 is 2.43 bits per heavy atom. The van der Waals surface area contributed by atoms with Crippen LogP contribution in [0.3, 0.4) is 0 Å². The third-order valence-corrected chi connectivity index (χ3v) is 3.54. The van der Waals surface area contributed by atoms with E-state index in [9.17, 15) is 0 Å². The zero-order valence-corrected chi connectivity index (χ0v) is 14.4. The van der Waals surface area contributed by atoms with Crippen LogP contribution < -0.4 is 15.5 Å². The topological polar surface area (TPSA) is 52.6 Å². The van der Waals surface area contributed by atoms with Crippen molar-refractivity contribution >= 4 is 23.4 Å². The smallest absolute Gasteiger partial charge is 0.191 e. The molecule has 5 nitrogen and oxygen atoms in total. The summed E-state index contributed by atoms with van der Waals surface area (Å²) >= 11 is 5.99. The van der Waals surface area contributed by atoms with Gasteiger partial charge in [-0.3, -0.25) is 4.99 Å². The number of anilines is 1. The Labute approximate surface area is 142 Å². The fraction of sp³-hybridized carbons (Fsp3) is 0.294. The van der Waals surface area contributed by atoms with Gasteiger partial charge in [0, 0.05) is 45.5 Å². The van der Waals surface area contributed by atoms with Crippen LogP contribution in [-0.4, -0.2) is 32.1 Å². The van der Waals surface area contributed by atoms with Gasteiger partial charge < -0.3 is 15.5 Å². The van der Waals surface area contributed by atoms with E-state index in [4.69, 9.17) is 11.6 Å². The normalized spacial score (nSPS) is 11.2. The molecule has 2 rings (SSSR count). The number of guanidine groups is 1. The van der Waals surface area contributed by atoms with Crippen molar-refractivity contribution in [2.24, 2.45) is 4.99 Å². The van der Waals surface area contributed by atoms with Gasteiger partial charge in [-0.2, -0.15) is 0 Å². The van der Waals surface area contributed by atoms with Gasteiger partial charge in [-0.05, 0) is 35.4 Å². The van der Waals surface area contributed by atoms with Crippen LogP contribution in [0.4, 0.5) is 5.82 Å². The van der Waals surface area contributed by atoms with Gasteiger partial charge in [0.05, 0.1) is 0 Å². The van der Waals surface area contributed by atoms with E-state index in [-0.39, 0.29) is 0 Å². The van der Waals surface area contributed by atoms with Crippen molar-refractivity contribution in [1.29, 1.82) is 0 Å². The highest BCUT2D eigenvalue weighted by molar-refractivity contribution is 6.30. The Balaban J connectivity index is 1.89. The Morgan fingerprint density at radius 1 is 1.13 bits per heavy atom. The first kappa shape index (κ1) is 17.1. The number of nitrogens with zero attached hydrogens (tertiary/aromatic N) is 3. The van der Waals surface area contributed by atoms with E-state index in [1.165, 1.54) is 0 Å². The van der Waals surface area contributed by atoms with Crippen molar-refractivity contribution in [3.05, 3.63) is 58.7 Å². The number of halogens is 1. The highest BCUT2D eigenvalue weighted by Crippen LogP contribution is 2.10. The number of aliphatic imine (C=N–C) groups is 1. The molecule has 0 atom stereocenters. The summed E-state index contributed by atoms with van der Waals surface area (Å²) in [4.78, 5) is 10.5. The van der Waals surface area contributed by atoms with E-state index < -0.39 is 0 Å². The van der Waals surface area contributed by atoms with E-state index in [1.54, 1.807) is 7.05 Å². The van der Waals surface area contributed by atoms with E-state index in [1.807, 2.05) is 55.5 Å². The number of pyridine rings is 1.